The minimum Gasteiger partial charge on any atom is -0.481 e. The van der Waals surface area contributed by atoms with Gasteiger partial charge in [0.1, 0.15) is 5.82 Å². The summed E-state index contributed by atoms with van der Waals surface area (Å²) in [5.41, 5.74) is 0.929. The number of hydrogen-bond donors (Lipinski definition) is 2. The van der Waals surface area contributed by atoms with Crippen molar-refractivity contribution in [1.82, 2.24) is 0 Å². The van der Waals surface area contributed by atoms with Crippen molar-refractivity contribution in [2.75, 3.05) is 16.8 Å². The Hall–Kier alpha value is -3.22. The first-order valence-corrected chi connectivity index (χ1v) is 8.63. The molecule has 1 fully saturated rings. The standard InChI is InChI=1S/C20H19FN2O4/c21-16-9-8-14(23-10-4-7-19(23)25)11-17(16)22-18(24)12-15(20(26)27)13-5-2-1-3-6-13/h1-3,5-6,8-9,11,15H,4,7,10,12H2,(H,22,24)(H,26,27). The van der Waals surface area contributed by atoms with Gasteiger partial charge in [-0.3, -0.25) is 14.4 Å². The molecule has 0 aliphatic carbocycles. The van der Waals surface area contributed by atoms with Gasteiger partial charge in [-0.2, -0.15) is 0 Å². The first-order chi connectivity index (χ1) is 13.0. The van der Waals surface area contributed by atoms with Crippen molar-refractivity contribution in [2.24, 2.45) is 0 Å². The van der Waals surface area contributed by atoms with Gasteiger partial charge in [-0.15, -0.1) is 0 Å². The molecule has 1 atom stereocenters. The van der Waals surface area contributed by atoms with Crippen LogP contribution in [0.2, 0.25) is 0 Å². The summed E-state index contributed by atoms with van der Waals surface area (Å²) in [6.45, 7) is 0.549. The van der Waals surface area contributed by atoms with Crippen molar-refractivity contribution in [3.05, 3.63) is 59.9 Å². The van der Waals surface area contributed by atoms with Crippen LogP contribution in [0.25, 0.3) is 0 Å². The first kappa shape index (κ1) is 18.6. The second kappa shape index (κ2) is 7.99. The number of carbonyl (C=O) groups excluding carboxylic acids is 2. The van der Waals surface area contributed by atoms with E-state index in [4.69, 9.17) is 0 Å². The zero-order chi connectivity index (χ0) is 19.4. The maximum atomic E-state index is 14.1. The van der Waals surface area contributed by atoms with E-state index in [1.807, 2.05) is 0 Å². The first-order valence-electron chi connectivity index (χ1n) is 8.63. The number of rotatable bonds is 6. The number of hydrogen-bond acceptors (Lipinski definition) is 3. The van der Waals surface area contributed by atoms with E-state index in [0.29, 0.717) is 24.2 Å². The average molecular weight is 370 g/mol. The van der Waals surface area contributed by atoms with Gasteiger partial charge in [-0.05, 0) is 30.2 Å². The van der Waals surface area contributed by atoms with Gasteiger partial charge < -0.3 is 15.3 Å². The summed E-state index contributed by atoms with van der Waals surface area (Å²) in [7, 11) is 0. The Kier molecular flexibility index (Phi) is 5.49. The molecule has 2 aromatic carbocycles. The third-order valence-electron chi connectivity index (χ3n) is 4.50. The molecule has 0 bridgehead atoms. The van der Waals surface area contributed by atoms with Crippen LogP contribution >= 0.6 is 0 Å². The van der Waals surface area contributed by atoms with E-state index in [2.05, 4.69) is 5.32 Å². The van der Waals surface area contributed by atoms with E-state index in [1.54, 1.807) is 35.2 Å². The Morgan fingerprint density at radius 3 is 2.56 bits per heavy atom. The maximum Gasteiger partial charge on any atom is 0.311 e. The quantitative estimate of drug-likeness (QED) is 0.818. The highest BCUT2D eigenvalue weighted by atomic mass is 19.1. The third kappa shape index (κ3) is 4.31. The summed E-state index contributed by atoms with van der Waals surface area (Å²) in [4.78, 5) is 37.2. The molecule has 0 saturated carbocycles. The summed E-state index contributed by atoms with van der Waals surface area (Å²) in [6.07, 6.45) is 0.845. The third-order valence-corrected chi connectivity index (χ3v) is 4.50. The normalized spacial score (nSPS) is 14.9. The number of carboxylic acids is 1. The van der Waals surface area contributed by atoms with Gasteiger partial charge in [-0.1, -0.05) is 30.3 Å². The largest absolute Gasteiger partial charge is 0.481 e. The molecule has 0 spiro atoms. The van der Waals surface area contributed by atoms with Crippen LogP contribution in [0.5, 0.6) is 0 Å². The zero-order valence-corrected chi connectivity index (χ0v) is 14.5. The van der Waals surface area contributed by atoms with Crippen LogP contribution in [0.4, 0.5) is 15.8 Å². The molecule has 0 radical (unpaired) electrons. The van der Waals surface area contributed by atoms with Gasteiger partial charge in [0.15, 0.2) is 0 Å². The minimum absolute atomic E-state index is 0.0473. The molecule has 1 heterocycles. The van der Waals surface area contributed by atoms with Crippen molar-refractivity contribution >= 4 is 29.2 Å². The Balaban J connectivity index is 1.75. The molecule has 7 heteroatoms. The van der Waals surface area contributed by atoms with Crippen LogP contribution in [-0.2, 0) is 14.4 Å². The molecule has 1 unspecified atom stereocenters. The number of carboxylic acid groups (broad SMARTS) is 1. The van der Waals surface area contributed by atoms with E-state index >= 15 is 0 Å². The molecule has 2 aromatic rings. The van der Waals surface area contributed by atoms with Gasteiger partial charge in [0.25, 0.3) is 0 Å². The summed E-state index contributed by atoms with van der Waals surface area (Å²) >= 11 is 0. The lowest BCUT2D eigenvalue weighted by Crippen LogP contribution is -2.24. The summed E-state index contributed by atoms with van der Waals surface area (Å²) in [5.74, 6) is -3.47. The van der Waals surface area contributed by atoms with Crippen molar-refractivity contribution in [1.29, 1.82) is 0 Å². The molecule has 0 aromatic heterocycles. The molecule has 1 aliphatic rings. The number of carbonyl (C=O) groups is 3. The van der Waals surface area contributed by atoms with Gasteiger partial charge in [0, 0.05) is 25.1 Å². The highest BCUT2D eigenvalue weighted by molar-refractivity contribution is 5.98. The molecular weight excluding hydrogens is 351 g/mol. The zero-order valence-electron chi connectivity index (χ0n) is 14.5. The minimum atomic E-state index is -1.13. The topological polar surface area (TPSA) is 86.7 Å². The number of nitrogens with one attached hydrogen (secondary N) is 1. The predicted octanol–water partition coefficient (Wildman–Crippen LogP) is 3.15. The molecule has 1 aliphatic heterocycles. The van der Waals surface area contributed by atoms with Crippen LogP contribution in [0.3, 0.4) is 0 Å². The fourth-order valence-corrected chi connectivity index (χ4v) is 3.12. The van der Waals surface area contributed by atoms with Gasteiger partial charge in [0.2, 0.25) is 11.8 Å². The summed E-state index contributed by atoms with van der Waals surface area (Å²) in [6, 6.07) is 12.5. The molecule has 27 heavy (non-hydrogen) atoms. The van der Waals surface area contributed by atoms with E-state index in [9.17, 15) is 23.9 Å². The number of halogens is 1. The highest BCUT2D eigenvalue weighted by Gasteiger charge is 2.25. The summed E-state index contributed by atoms with van der Waals surface area (Å²) in [5, 5.41) is 11.8. The Bertz CT molecular complexity index is 870. The van der Waals surface area contributed by atoms with Crippen LogP contribution in [0.15, 0.2) is 48.5 Å². The molecule has 2 N–H and O–H groups in total. The average Bonchev–Trinajstić information content (AvgIpc) is 3.08. The Morgan fingerprint density at radius 1 is 1.19 bits per heavy atom. The van der Waals surface area contributed by atoms with Crippen LogP contribution < -0.4 is 10.2 Å². The van der Waals surface area contributed by atoms with E-state index < -0.39 is 23.6 Å². The van der Waals surface area contributed by atoms with Gasteiger partial charge in [0.05, 0.1) is 11.6 Å². The van der Waals surface area contributed by atoms with Crippen molar-refractivity contribution in [3.63, 3.8) is 0 Å². The molecular formula is C20H19FN2O4. The number of anilines is 2. The maximum absolute atomic E-state index is 14.1. The van der Waals surface area contributed by atoms with Crippen molar-refractivity contribution in [3.8, 4) is 0 Å². The van der Waals surface area contributed by atoms with E-state index in [-0.39, 0.29) is 18.0 Å². The lowest BCUT2D eigenvalue weighted by Gasteiger charge is -2.18. The van der Waals surface area contributed by atoms with Crippen LogP contribution in [0, 0.1) is 5.82 Å². The van der Waals surface area contributed by atoms with Gasteiger partial charge in [-0.25, -0.2) is 4.39 Å². The Labute approximate surface area is 155 Å². The predicted molar refractivity (Wildman–Crippen MR) is 98.1 cm³/mol. The second-order valence-electron chi connectivity index (χ2n) is 6.37. The van der Waals surface area contributed by atoms with Gasteiger partial charge >= 0.3 is 5.97 Å². The monoisotopic (exact) mass is 370 g/mol. The summed E-state index contributed by atoms with van der Waals surface area (Å²) < 4.78 is 14.1. The number of benzene rings is 2. The molecule has 6 nitrogen and oxygen atoms in total. The number of aliphatic carboxylic acids is 1. The highest BCUT2D eigenvalue weighted by Crippen LogP contribution is 2.27. The fourth-order valence-electron chi connectivity index (χ4n) is 3.12. The van der Waals surface area contributed by atoms with Crippen molar-refractivity contribution < 1.29 is 23.9 Å². The molecule has 3 rings (SSSR count). The van der Waals surface area contributed by atoms with Crippen LogP contribution in [-0.4, -0.2) is 29.4 Å². The number of amides is 2. The van der Waals surface area contributed by atoms with Crippen molar-refractivity contribution in [2.45, 2.75) is 25.2 Å². The SMILES string of the molecule is O=C(CC(C(=O)O)c1ccccc1)Nc1cc(N2CCCC2=O)ccc1F. The smallest absolute Gasteiger partial charge is 0.311 e. The fraction of sp³-hybridized carbons (Fsp3) is 0.250. The Morgan fingerprint density at radius 2 is 1.93 bits per heavy atom. The second-order valence-corrected chi connectivity index (χ2v) is 6.37. The molecule has 1 saturated heterocycles. The van der Waals surface area contributed by atoms with Crippen LogP contribution in [0.1, 0.15) is 30.7 Å². The lowest BCUT2D eigenvalue weighted by atomic mass is 9.95. The van der Waals surface area contributed by atoms with E-state index in [0.717, 1.165) is 6.42 Å². The lowest BCUT2D eigenvalue weighted by molar-refractivity contribution is -0.140. The van der Waals surface area contributed by atoms with E-state index in [1.165, 1.54) is 18.2 Å². The molecule has 140 valence electrons. The number of nitrogens with zero attached hydrogens (tertiary/aromatic N) is 1. The molecule has 2 amide bonds.